The second-order valence-electron chi connectivity index (χ2n) is 6.23. The maximum atomic E-state index is 5.18. The molecule has 0 aliphatic heterocycles. The van der Waals surface area contributed by atoms with Crippen LogP contribution < -0.4 is 15.4 Å². The molecule has 0 radical (unpaired) electrons. The first-order valence-electron chi connectivity index (χ1n) is 9.12. The van der Waals surface area contributed by atoms with Crippen LogP contribution in [0.5, 0.6) is 5.75 Å². The van der Waals surface area contributed by atoms with Gasteiger partial charge in [0.1, 0.15) is 5.75 Å². The van der Waals surface area contributed by atoms with Gasteiger partial charge in [0.05, 0.1) is 17.8 Å². The molecule has 1 aromatic carbocycles. The number of halogens is 1. The van der Waals surface area contributed by atoms with E-state index in [4.69, 9.17) is 4.74 Å². The molecule has 0 saturated heterocycles. The van der Waals surface area contributed by atoms with Crippen molar-refractivity contribution in [2.45, 2.75) is 39.5 Å². The molecule has 0 atom stereocenters. The summed E-state index contributed by atoms with van der Waals surface area (Å²) in [6.07, 6.45) is 4.27. The fourth-order valence-corrected chi connectivity index (χ4v) is 3.54. The standard InChI is InChI=1S/C20H30N4OS.HI/c1-15-16(2)26-19(24-15)12-14-23-20(21-3)22-13-6-5-7-17-8-10-18(25-4)11-9-17;/h8-11H,5-7,12-14H2,1-4H3,(H2,21,22,23);1H. The molecule has 0 spiro atoms. The van der Waals surface area contributed by atoms with Gasteiger partial charge >= 0.3 is 0 Å². The molecule has 0 bridgehead atoms. The Morgan fingerprint density at radius 2 is 1.78 bits per heavy atom. The lowest BCUT2D eigenvalue weighted by molar-refractivity contribution is 0.414. The zero-order valence-electron chi connectivity index (χ0n) is 16.7. The van der Waals surface area contributed by atoms with Crippen molar-refractivity contribution in [1.29, 1.82) is 0 Å². The molecule has 1 aromatic heterocycles. The number of aliphatic imine (C=N–C) groups is 1. The molecular weight excluding hydrogens is 471 g/mol. The summed E-state index contributed by atoms with van der Waals surface area (Å²) in [7, 11) is 3.50. The average Bonchev–Trinajstić information content (AvgIpc) is 2.98. The third-order valence-corrected chi connectivity index (χ3v) is 5.40. The van der Waals surface area contributed by atoms with Crippen LogP contribution in [0.25, 0.3) is 0 Å². The lowest BCUT2D eigenvalue weighted by atomic mass is 10.1. The molecular formula is C20H31IN4OS. The molecule has 0 aliphatic rings. The lowest BCUT2D eigenvalue weighted by Crippen LogP contribution is -2.38. The van der Waals surface area contributed by atoms with E-state index in [9.17, 15) is 0 Å². The van der Waals surface area contributed by atoms with Crippen LogP contribution >= 0.6 is 35.3 Å². The summed E-state index contributed by atoms with van der Waals surface area (Å²) in [5.74, 6) is 1.77. The lowest BCUT2D eigenvalue weighted by Gasteiger charge is -2.11. The highest BCUT2D eigenvalue weighted by molar-refractivity contribution is 14.0. The van der Waals surface area contributed by atoms with Crippen LogP contribution in [-0.2, 0) is 12.8 Å². The molecule has 5 nitrogen and oxygen atoms in total. The third kappa shape index (κ3) is 8.47. The Labute approximate surface area is 184 Å². The number of benzene rings is 1. The smallest absolute Gasteiger partial charge is 0.190 e. The Bertz CT molecular complexity index is 681. The number of methoxy groups -OCH3 is 1. The monoisotopic (exact) mass is 502 g/mol. The summed E-state index contributed by atoms with van der Waals surface area (Å²) in [5, 5.41) is 7.92. The number of hydrogen-bond acceptors (Lipinski definition) is 4. The molecule has 7 heteroatoms. The normalized spacial score (nSPS) is 11.0. The minimum absolute atomic E-state index is 0. The predicted molar refractivity (Wildman–Crippen MR) is 126 cm³/mol. The van der Waals surface area contributed by atoms with Gasteiger partial charge in [-0.1, -0.05) is 12.1 Å². The second-order valence-corrected chi connectivity index (χ2v) is 7.52. The number of hydrogen-bond donors (Lipinski definition) is 2. The maximum absolute atomic E-state index is 5.18. The van der Waals surface area contributed by atoms with Crippen LogP contribution in [0.2, 0.25) is 0 Å². The summed E-state index contributed by atoms with van der Waals surface area (Å²) < 4.78 is 5.18. The number of nitrogens with one attached hydrogen (secondary N) is 2. The number of guanidine groups is 1. The Morgan fingerprint density at radius 3 is 2.37 bits per heavy atom. The van der Waals surface area contributed by atoms with Crippen LogP contribution in [0.1, 0.15) is 34.0 Å². The number of ether oxygens (including phenoxy) is 1. The van der Waals surface area contributed by atoms with Gasteiger partial charge in [0.2, 0.25) is 0 Å². The highest BCUT2D eigenvalue weighted by atomic mass is 127. The van der Waals surface area contributed by atoms with Crippen molar-refractivity contribution in [2.24, 2.45) is 4.99 Å². The minimum Gasteiger partial charge on any atom is -0.497 e. The highest BCUT2D eigenvalue weighted by Gasteiger charge is 2.04. The van der Waals surface area contributed by atoms with Crippen LogP contribution in [0.3, 0.4) is 0 Å². The Kier molecular flexibility index (Phi) is 11.3. The molecule has 0 saturated carbocycles. The van der Waals surface area contributed by atoms with Crippen molar-refractivity contribution in [3.8, 4) is 5.75 Å². The first-order chi connectivity index (χ1) is 12.6. The minimum atomic E-state index is 0. The number of rotatable bonds is 9. The van der Waals surface area contributed by atoms with E-state index in [-0.39, 0.29) is 24.0 Å². The van der Waals surface area contributed by atoms with E-state index in [1.807, 2.05) is 19.2 Å². The highest BCUT2D eigenvalue weighted by Crippen LogP contribution is 2.16. The van der Waals surface area contributed by atoms with Crippen LogP contribution in [-0.4, -0.2) is 38.2 Å². The van der Waals surface area contributed by atoms with E-state index in [1.165, 1.54) is 15.4 Å². The van der Waals surface area contributed by atoms with Crippen LogP contribution in [0, 0.1) is 13.8 Å². The van der Waals surface area contributed by atoms with Gasteiger partial charge in [-0.25, -0.2) is 4.98 Å². The van der Waals surface area contributed by atoms with E-state index < -0.39 is 0 Å². The molecule has 1 heterocycles. The van der Waals surface area contributed by atoms with Gasteiger partial charge < -0.3 is 15.4 Å². The number of aryl methyl sites for hydroxylation is 3. The van der Waals surface area contributed by atoms with Crippen LogP contribution in [0.4, 0.5) is 0 Å². The van der Waals surface area contributed by atoms with Gasteiger partial charge in [-0.2, -0.15) is 0 Å². The maximum Gasteiger partial charge on any atom is 0.190 e. The summed E-state index contributed by atoms with van der Waals surface area (Å²) >= 11 is 1.78. The number of thiazole rings is 1. The van der Waals surface area contributed by atoms with Crippen LogP contribution in [0.15, 0.2) is 29.3 Å². The van der Waals surface area contributed by atoms with Gasteiger partial charge in [0.15, 0.2) is 5.96 Å². The molecule has 2 rings (SSSR count). The van der Waals surface area contributed by atoms with E-state index in [0.717, 1.165) is 56.2 Å². The SMILES string of the molecule is CN=C(NCCCCc1ccc(OC)cc1)NCCc1nc(C)c(C)s1.I. The molecule has 0 amide bonds. The summed E-state index contributed by atoms with van der Waals surface area (Å²) in [6, 6.07) is 8.30. The summed E-state index contributed by atoms with van der Waals surface area (Å²) in [4.78, 5) is 10.2. The van der Waals surface area contributed by atoms with E-state index in [2.05, 4.69) is 46.6 Å². The summed E-state index contributed by atoms with van der Waals surface area (Å²) in [6.45, 7) is 5.95. The van der Waals surface area contributed by atoms with E-state index in [0.29, 0.717) is 0 Å². The molecule has 150 valence electrons. The summed E-state index contributed by atoms with van der Waals surface area (Å²) in [5.41, 5.74) is 2.49. The number of nitrogens with zero attached hydrogens (tertiary/aromatic N) is 2. The predicted octanol–water partition coefficient (Wildman–Crippen LogP) is 4.12. The Balaban J connectivity index is 0.00000364. The second kappa shape index (κ2) is 12.9. The fourth-order valence-electron chi connectivity index (χ4n) is 2.61. The number of unbranched alkanes of at least 4 members (excludes halogenated alkanes) is 1. The first-order valence-corrected chi connectivity index (χ1v) is 9.94. The average molecular weight is 502 g/mol. The molecule has 0 fully saturated rings. The Hall–Kier alpha value is -1.35. The molecule has 0 aliphatic carbocycles. The van der Waals surface area contributed by atoms with Gasteiger partial charge in [0, 0.05) is 31.4 Å². The Morgan fingerprint density at radius 1 is 1.07 bits per heavy atom. The van der Waals surface area contributed by atoms with Gasteiger partial charge in [-0.3, -0.25) is 4.99 Å². The van der Waals surface area contributed by atoms with Crippen molar-refractivity contribution in [2.75, 3.05) is 27.2 Å². The van der Waals surface area contributed by atoms with Gasteiger partial charge in [-0.15, -0.1) is 35.3 Å². The molecule has 27 heavy (non-hydrogen) atoms. The van der Waals surface area contributed by atoms with E-state index in [1.54, 1.807) is 18.4 Å². The largest absolute Gasteiger partial charge is 0.497 e. The van der Waals surface area contributed by atoms with Crippen molar-refractivity contribution in [3.05, 3.63) is 45.4 Å². The molecule has 2 aromatic rings. The van der Waals surface area contributed by atoms with Gasteiger partial charge in [0.25, 0.3) is 0 Å². The molecule has 2 N–H and O–H groups in total. The first kappa shape index (κ1) is 23.7. The van der Waals surface area contributed by atoms with Crippen molar-refractivity contribution >= 4 is 41.3 Å². The quantitative estimate of drug-likeness (QED) is 0.235. The zero-order valence-corrected chi connectivity index (χ0v) is 19.8. The topological polar surface area (TPSA) is 58.5 Å². The zero-order chi connectivity index (χ0) is 18.8. The third-order valence-electron chi connectivity index (χ3n) is 4.27. The van der Waals surface area contributed by atoms with Gasteiger partial charge in [-0.05, 0) is 50.8 Å². The van der Waals surface area contributed by atoms with Crippen molar-refractivity contribution in [1.82, 2.24) is 15.6 Å². The molecule has 0 unspecified atom stereocenters. The number of aromatic nitrogens is 1. The fraction of sp³-hybridized carbons (Fsp3) is 0.500. The van der Waals surface area contributed by atoms with Crippen molar-refractivity contribution in [3.63, 3.8) is 0 Å². The van der Waals surface area contributed by atoms with Crippen molar-refractivity contribution < 1.29 is 4.74 Å². The van der Waals surface area contributed by atoms with E-state index >= 15 is 0 Å².